The maximum atomic E-state index is 12.6. The second kappa shape index (κ2) is 6.07. The lowest BCUT2D eigenvalue weighted by atomic mass is 10.2. The van der Waals surface area contributed by atoms with Crippen LogP contribution in [0, 0.1) is 0 Å². The predicted molar refractivity (Wildman–Crippen MR) is 78.7 cm³/mol. The molecule has 1 aromatic heterocycles. The monoisotopic (exact) mass is 298 g/mol. The number of rotatable bonds is 5. The van der Waals surface area contributed by atoms with Gasteiger partial charge in [0.15, 0.2) is 0 Å². The largest absolute Gasteiger partial charge is 0.384 e. The minimum atomic E-state index is -3.46. The van der Waals surface area contributed by atoms with Crippen LogP contribution in [-0.2, 0) is 10.0 Å². The molecule has 2 heterocycles. The topological polar surface area (TPSA) is 79.5 Å². The van der Waals surface area contributed by atoms with E-state index in [0.29, 0.717) is 19.1 Å². The molecule has 1 saturated heterocycles. The van der Waals surface area contributed by atoms with Crippen molar-refractivity contribution >= 4 is 15.8 Å². The molecule has 6 nitrogen and oxygen atoms in total. The van der Waals surface area contributed by atoms with Crippen molar-refractivity contribution in [1.29, 1.82) is 0 Å². The predicted octanol–water partition coefficient (Wildman–Crippen LogP) is 0.769. The summed E-state index contributed by atoms with van der Waals surface area (Å²) in [7, 11) is -3.46. The Bertz CT molecular complexity index is 557. The fourth-order valence-electron chi connectivity index (χ4n) is 2.70. The number of nitrogen functional groups attached to an aromatic ring is 1. The molecule has 1 fully saturated rings. The maximum absolute atomic E-state index is 12.6. The summed E-state index contributed by atoms with van der Waals surface area (Å²) in [6.45, 7) is 7.20. The van der Waals surface area contributed by atoms with Crippen molar-refractivity contribution in [3.63, 3.8) is 0 Å². The van der Waals surface area contributed by atoms with Gasteiger partial charge in [0, 0.05) is 31.4 Å². The number of aromatic nitrogens is 1. The average molecular weight is 298 g/mol. The van der Waals surface area contributed by atoms with E-state index in [-0.39, 0.29) is 10.7 Å². The molecule has 1 atom stereocenters. The molecular weight excluding hydrogens is 276 g/mol. The SMILES string of the molecule is CCN(CC)C1CCN(S(=O)(=O)c2ccnc(N)c2)C1. The number of anilines is 1. The van der Waals surface area contributed by atoms with E-state index in [1.807, 2.05) is 0 Å². The summed E-state index contributed by atoms with van der Waals surface area (Å²) < 4.78 is 26.7. The van der Waals surface area contributed by atoms with Gasteiger partial charge in [-0.15, -0.1) is 0 Å². The Hall–Kier alpha value is -1.18. The van der Waals surface area contributed by atoms with Gasteiger partial charge in [0.25, 0.3) is 0 Å². The first-order valence-corrected chi connectivity index (χ1v) is 8.38. The third kappa shape index (κ3) is 2.94. The fourth-order valence-corrected chi connectivity index (χ4v) is 4.22. The number of nitrogens with zero attached hydrogens (tertiary/aromatic N) is 3. The quantitative estimate of drug-likeness (QED) is 0.868. The standard InChI is InChI=1S/C13H22N4O2S/c1-3-16(4-2)11-6-8-17(10-11)20(18,19)12-5-7-15-13(14)9-12/h5,7,9,11H,3-4,6,8,10H2,1-2H3,(H2,14,15). The molecule has 1 unspecified atom stereocenters. The first kappa shape index (κ1) is 15.2. The summed E-state index contributed by atoms with van der Waals surface area (Å²) in [5.41, 5.74) is 5.57. The van der Waals surface area contributed by atoms with Crippen LogP contribution < -0.4 is 5.73 Å². The molecule has 0 aromatic carbocycles. The van der Waals surface area contributed by atoms with Gasteiger partial charge in [-0.2, -0.15) is 4.31 Å². The highest BCUT2D eigenvalue weighted by molar-refractivity contribution is 7.89. The molecule has 1 aliphatic heterocycles. The normalized spacial score (nSPS) is 20.6. The fraction of sp³-hybridized carbons (Fsp3) is 0.615. The summed E-state index contributed by atoms with van der Waals surface area (Å²) in [6, 6.07) is 3.22. The van der Waals surface area contributed by atoms with Gasteiger partial charge in [-0.1, -0.05) is 13.8 Å². The summed E-state index contributed by atoms with van der Waals surface area (Å²) in [5, 5.41) is 0. The lowest BCUT2D eigenvalue weighted by molar-refractivity contribution is 0.224. The highest BCUT2D eigenvalue weighted by atomic mass is 32.2. The summed E-state index contributed by atoms with van der Waals surface area (Å²) >= 11 is 0. The zero-order valence-electron chi connectivity index (χ0n) is 12.0. The lowest BCUT2D eigenvalue weighted by Gasteiger charge is -2.26. The van der Waals surface area contributed by atoms with Crippen molar-refractivity contribution < 1.29 is 8.42 Å². The number of pyridine rings is 1. The van der Waals surface area contributed by atoms with Crippen LogP contribution in [0.1, 0.15) is 20.3 Å². The van der Waals surface area contributed by atoms with Crippen LogP contribution in [-0.4, -0.2) is 54.8 Å². The smallest absolute Gasteiger partial charge is 0.243 e. The van der Waals surface area contributed by atoms with Gasteiger partial charge in [-0.3, -0.25) is 4.90 Å². The zero-order chi connectivity index (χ0) is 14.8. The number of likely N-dealkylation sites (N-methyl/N-ethyl adjacent to an activating group) is 1. The van der Waals surface area contributed by atoms with Crippen molar-refractivity contribution in [3.05, 3.63) is 18.3 Å². The van der Waals surface area contributed by atoms with Gasteiger partial charge in [-0.05, 0) is 25.6 Å². The highest BCUT2D eigenvalue weighted by Gasteiger charge is 2.34. The summed E-state index contributed by atoms with van der Waals surface area (Å²) in [5.74, 6) is 0.227. The summed E-state index contributed by atoms with van der Waals surface area (Å²) in [4.78, 5) is 6.37. The Morgan fingerprint density at radius 1 is 1.45 bits per heavy atom. The van der Waals surface area contributed by atoms with Gasteiger partial charge in [0.2, 0.25) is 10.0 Å². The van der Waals surface area contributed by atoms with E-state index in [0.717, 1.165) is 19.5 Å². The van der Waals surface area contributed by atoms with Gasteiger partial charge < -0.3 is 5.73 Å². The van der Waals surface area contributed by atoms with E-state index in [2.05, 4.69) is 23.7 Å². The molecule has 0 spiro atoms. The van der Waals surface area contributed by atoms with Crippen LogP contribution >= 0.6 is 0 Å². The van der Waals surface area contributed by atoms with Crippen molar-refractivity contribution in [2.75, 3.05) is 31.9 Å². The highest BCUT2D eigenvalue weighted by Crippen LogP contribution is 2.24. The number of nitrogens with two attached hydrogens (primary N) is 1. The van der Waals surface area contributed by atoms with Gasteiger partial charge in [-0.25, -0.2) is 13.4 Å². The third-order valence-electron chi connectivity index (χ3n) is 3.85. The molecule has 0 radical (unpaired) electrons. The van der Waals surface area contributed by atoms with E-state index in [9.17, 15) is 8.42 Å². The van der Waals surface area contributed by atoms with Crippen LogP contribution in [0.25, 0.3) is 0 Å². The average Bonchev–Trinajstić information content (AvgIpc) is 2.90. The minimum Gasteiger partial charge on any atom is -0.384 e. The van der Waals surface area contributed by atoms with E-state index in [4.69, 9.17) is 5.73 Å². The van der Waals surface area contributed by atoms with E-state index < -0.39 is 10.0 Å². The molecular formula is C13H22N4O2S. The van der Waals surface area contributed by atoms with Crippen LogP contribution in [0.2, 0.25) is 0 Å². The van der Waals surface area contributed by atoms with Crippen LogP contribution in [0.3, 0.4) is 0 Å². The molecule has 1 aliphatic rings. The third-order valence-corrected chi connectivity index (χ3v) is 5.71. The van der Waals surface area contributed by atoms with Gasteiger partial charge >= 0.3 is 0 Å². The second-order valence-electron chi connectivity index (χ2n) is 4.94. The molecule has 0 amide bonds. The van der Waals surface area contributed by atoms with Crippen LogP contribution in [0.4, 0.5) is 5.82 Å². The first-order valence-electron chi connectivity index (χ1n) is 6.94. The molecule has 1 aromatic rings. The molecule has 0 saturated carbocycles. The van der Waals surface area contributed by atoms with Crippen LogP contribution in [0.5, 0.6) is 0 Å². The van der Waals surface area contributed by atoms with Gasteiger partial charge in [0.05, 0.1) is 4.90 Å². The Morgan fingerprint density at radius 3 is 2.75 bits per heavy atom. The second-order valence-corrected chi connectivity index (χ2v) is 6.88. The maximum Gasteiger partial charge on any atom is 0.243 e. The molecule has 0 aliphatic carbocycles. The Labute approximate surface area is 120 Å². The Kier molecular flexibility index (Phi) is 4.62. The Morgan fingerprint density at radius 2 is 2.15 bits per heavy atom. The number of sulfonamides is 1. The molecule has 7 heteroatoms. The first-order chi connectivity index (χ1) is 9.48. The molecule has 0 bridgehead atoms. The zero-order valence-corrected chi connectivity index (χ0v) is 12.8. The van der Waals surface area contributed by atoms with E-state index in [1.165, 1.54) is 18.3 Å². The lowest BCUT2D eigenvalue weighted by Crippen LogP contribution is -2.38. The minimum absolute atomic E-state index is 0.227. The van der Waals surface area contributed by atoms with Crippen molar-refractivity contribution in [2.24, 2.45) is 0 Å². The molecule has 20 heavy (non-hydrogen) atoms. The van der Waals surface area contributed by atoms with Crippen LogP contribution in [0.15, 0.2) is 23.2 Å². The van der Waals surface area contributed by atoms with E-state index >= 15 is 0 Å². The van der Waals surface area contributed by atoms with E-state index in [1.54, 1.807) is 4.31 Å². The molecule has 2 rings (SSSR count). The van der Waals surface area contributed by atoms with Crippen molar-refractivity contribution in [2.45, 2.75) is 31.2 Å². The molecule has 112 valence electrons. The van der Waals surface area contributed by atoms with Crippen molar-refractivity contribution in [3.8, 4) is 0 Å². The van der Waals surface area contributed by atoms with Gasteiger partial charge in [0.1, 0.15) is 5.82 Å². The summed E-state index contributed by atoms with van der Waals surface area (Å²) in [6.07, 6.45) is 2.31. The molecule has 2 N–H and O–H groups in total. The number of hydrogen-bond acceptors (Lipinski definition) is 5. The Balaban J connectivity index is 2.16. The number of hydrogen-bond donors (Lipinski definition) is 1. The van der Waals surface area contributed by atoms with Crippen molar-refractivity contribution in [1.82, 2.24) is 14.2 Å².